The molecule has 1 heterocycles. The lowest BCUT2D eigenvalue weighted by Gasteiger charge is -2.05. The zero-order valence-corrected chi connectivity index (χ0v) is 19.9. The van der Waals surface area contributed by atoms with Gasteiger partial charge in [-0.15, -0.1) is 11.3 Å². The van der Waals surface area contributed by atoms with Gasteiger partial charge in [0.15, 0.2) is 0 Å². The van der Waals surface area contributed by atoms with Crippen molar-refractivity contribution in [1.29, 1.82) is 0 Å². The largest absolute Gasteiger partial charge is 0.250 e. The lowest BCUT2D eigenvalue weighted by molar-refractivity contribution is 0.549. The summed E-state index contributed by atoms with van der Waals surface area (Å²) in [7, 11) is -3.40. The van der Waals surface area contributed by atoms with Crippen LogP contribution >= 0.6 is 11.3 Å². The van der Waals surface area contributed by atoms with Gasteiger partial charge in [-0.1, -0.05) is 95.0 Å². The van der Waals surface area contributed by atoms with Crippen molar-refractivity contribution in [1.82, 2.24) is 10.0 Å². The second-order valence-corrected chi connectivity index (χ2v) is 11.0. The maximum absolute atomic E-state index is 12.5. The number of hydrogen-bond acceptors (Lipinski definition) is 3. The summed E-state index contributed by atoms with van der Waals surface area (Å²) in [5.41, 5.74) is 1.17. The Labute approximate surface area is 187 Å². The number of benzene rings is 1. The summed E-state index contributed by atoms with van der Waals surface area (Å²) >= 11 is 1.31. The topological polar surface area (TPSA) is 60.3 Å². The van der Waals surface area contributed by atoms with E-state index in [1.165, 1.54) is 68.3 Å². The van der Waals surface area contributed by atoms with Gasteiger partial charge < -0.3 is 0 Å². The SMILES string of the molecule is CCCCCCCCCCCCNS(=O)(=O)c1ccc(C[N]Cc2ccccc2)s1. The predicted octanol–water partition coefficient (Wildman–Crippen LogP) is 6.25. The molecule has 0 saturated carbocycles. The second kappa shape index (κ2) is 14.7. The Morgan fingerprint density at radius 2 is 1.43 bits per heavy atom. The Kier molecular flexibility index (Phi) is 12.3. The first-order valence-electron chi connectivity index (χ1n) is 11.4. The third-order valence-electron chi connectivity index (χ3n) is 5.13. The molecule has 30 heavy (non-hydrogen) atoms. The van der Waals surface area contributed by atoms with Crippen LogP contribution in [0.1, 0.15) is 81.6 Å². The summed E-state index contributed by atoms with van der Waals surface area (Å²) < 4.78 is 28.1. The van der Waals surface area contributed by atoms with Crippen LogP contribution in [0.25, 0.3) is 0 Å². The lowest BCUT2D eigenvalue weighted by Crippen LogP contribution is -2.23. The van der Waals surface area contributed by atoms with Gasteiger partial charge in [-0.25, -0.2) is 18.5 Å². The van der Waals surface area contributed by atoms with Crippen LogP contribution in [0.3, 0.4) is 0 Å². The van der Waals surface area contributed by atoms with Crippen molar-refractivity contribution >= 4 is 21.4 Å². The maximum atomic E-state index is 12.5. The smallest absolute Gasteiger partial charge is 0.231 e. The third kappa shape index (κ3) is 10.2. The Balaban J connectivity index is 1.57. The van der Waals surface area contributed by atoms with Gasteiger partial charge in [0.25, 0.3) is 0 Å². The summed E-state index contributed by atoms with van der Waals surface area (Å²) in [6.07, 6.45) is 12.5. The maximum Gasteiger partial charge on any atom is 0.250 e. The van der Waals surface area contributed by atoms with Gasteiger partial charge >= 0.3 is 0 Å². The number of unbranched alkanes of at least 4 members (excludes halogenated alkanes) is 9. The average molecular weight is 450 g/mol. The lowest BCUT2D eigenvalue weighted by atomic mass is 10.1. The third-order valence-corrected chi connectivity index (χ3v) is 8.15. The van der Waals surface area contributed by atoms with Crippen molar-refractivity contribution in [3.8, 4) is 0 Å². The van der Waals surface area contributed by atoms with E-state index >= 15 is 0 Å². The molecule has 0 fully saturated rings. The van der Waals surface area contributed by atoms with Crippen LogP contribution in [0, 0.1) is 0 Å². The van der Waals surface area contributed by atoms with E-state index in [9.17, 15) is 8.42 Å². The minimum Gasteiger partial charge on any atom is -0.231 e. The van der Waals surface area contributed by atoms with E-state index in [2.05, 4.69) is 17.0 Å². The Hall–Kier alpha value is -1.21. The van der Waals surface area contributed by atoms with Crippen molar-refractivity contribution in [2.24, 2.45) is 0 Å². The molecular weight excluding hydrogens is 412 g/mol. The van der Waals surface area contributed by atoms with E-state index in [1.54, 1.807) is 6.07 Å². The number of hydrogen-bond donors (Lipinski definition) is 1. The number of nitrogens with zero attached hydrogens (tertiary/aromatic N) is 1. The fourth-order valence-corrected chi connectivity index (χ4v) is 5.78. The van der Waals surface area contributed by atoms with Crippen molar-refractivity contribution in [3.05, 3.63) is 52.9 Å². The van der Waals surface area contributed by atoms with Crippen molar-refractivity contribution in [3.63, 3.8) is 0 Å². The van der Waals surface area contributed by atoms with Gasteiger partial charge in [0.2, 0.25) is 10.0 Å². The zero-order valence-electron chi connectivity index (χ0n) is 18.3. The molecule has 0 spiro atoms. The fraction of sp³-hybridized carbons (Fsp3) is 0.583. The van der Waals surface area contributed by atoms with Gasteiger partial charge in [0.1, 0.15) is 4.21 Å². The molecule has 0 saturated heterocycles. The van der Waals surface area contributed by atoms with Gasteiger partial charge in [0.05, 0.1) is 0 Å². The minimum absolute atomic E-state index is 0.388. The predicted molar refractivity (Wildman–Crippen MR) is 127 cm³/mol. The van der Waals surface area contributed by atoms with E-state index < -0.39 is 10.0 Å². The summed E-state index contributed by atoms with van der Waals surface area (Å²) in [4.78, 5) is 0.977. The molecule has 1 aromatic heterocycles. The summed E-state index contributed by atoms with van der Waals surface area (Å²) in [6, 6.07) is 13.6. The Morgan fingerprint density at radius 1 is 0.800 bits per heavy atom. The monoisotopic (exact) mass is 449 g/mol. The molecule has 0 aliphatic heterocycles. The minimum atomic E-state index is -3.40. The van der Waals surface area contributed by atoms with Crippen LogP contribution in [0.15, 0.2) is 46.7 Å². The highest BCUT2D eigenvalue weighted by molar-refractivity contribution is 7.91. The molecule has 1 N–H and O–H groups in total. The van der Waals surface area contributed by atoms with E-state index in [-0.39, 0.29) is 0 Å². The Morgan fingerprint density at radius 3 is 2.10 bits per heavy atom. The molecule has 0 aliphatic rings. The quantitative estimate of drug-likeness (QED) is 0.290. The highest BCUT2D eigenvalue weighted by atomic mass is 32.2. The summed E-state index contributed by atoms with van der Waals surface area (Å²) in [5.74, 6) is 0. The Bertz CT molecular complexity index is 789. The average Bonchev–Trinajstić information content (AvgIpc) is 3.23. The van der Waals surface area contributed by atoms with Crippen LogP contribution < -0.4 is 10.0 Å². The van der Waals surface area contributed by atoms with Crippen LogP contribution in [0.2, 0.25) is 0 Å². The first-order chi connectivity index (χ1) is 14.6. The molecule has 0 unspecified atom stereocenters. The van der Waals surface area contributed by atoms with Crippen molar-refractivity contribution < 1.29 is 8.42 Å². The number of thiophene rings is 1. The molecule has 6 heteroatoms. The van der Waals surface area contributed by atoms with E-state index in [0.29, 0.717) is 23.8 Å². The van der Waals surface area contributed by atoms with Gasteiger partial charge in [-0.05, 0) is 24.1 Å². The fourth-order valence-electron chi connectivity index (χ4n) is 3.36. The van der Waals surface area contributed by atoms with Crippen LogP contribution in [0.5, 0.6) is 0 Å². The molecule has 2 rings (SSSR count). The number of nitrogens with one attached hydrogen (secondary N) is 1. The molecule has 2 aromatic rings. The van der Waals surface area contributed by atoms with Crippen molar-refractivity contribution in [2.45, 2.75) is 88.4 Å². The molecular formula is C24H37N2O2S2. The molecule has 1 radical (unpaired) electrons. The molecule has 0 atom stereocenters. The summed E-state index contributed by atoms with van der Waals surface area (Å²) in [5, 5.41) is 4.53. The number of sulfonamides is 1. The van der Waals surface area contributed by atoms with Gasteiger partial charge in [0, 0.05) is 24.5 Å². The van der Waals surface area contributed by atoms with Crippen molar-refractivity contribution in [2.75, 3.05) is 6.54 Å². The second-order valence-electron chi connectivity index (χ2n) is 7.83. The first-order valence-corrected chi connectivity index (χ1v) is 13.7. The van der Waals surface area contributed by atoms with Crippen LogP contribution in [0.4, 0.5) is 0 Å². The first kappa shape index (κ1) is 25.1. The normalized spacial score (nSPS) is 11.8. The summed E-state index contributed by atoms with van der Waals surface area (Å²) in [6.45, 7) is 3.96. The molecule has 0 bridgehead atoms. The molecule has 167 valence electrons. The molecule has 0 amide bonds. The number of rotatable bonds is 17. The van der Waals surface area contributed by atoms with Crippen LogP contribution in [-0.4, -0.2) is 15.0 Å². The molecule has 0 aliphatic carbocycles. The van der Waals surface area contributed by atoms with E-state index in [1.807, 2.05) is 36.4 Å². The zero-order chi connectivity index (χ0) is 21.5. The van der Waals surface area contributed by atoms with E-state index in [0.717, 1.165) is 17.7 Å². The van der Waals surface area contributed by atoms with Crippen LogP contribution in [-0.2, 0) is 23.1 Å². The van der Waals surface area contributed by atoms with E-state index in [4.69, 9.17) is 0 Å². The van der Waals surface area contributed by atoms with Gasteiger partial charge in [-0.2, -0.15) is 0 Å². The standard InChI is InChI=1S/C24H37N2O2S2/c1-2-3-4-5-6-7-8-9-10-14-19-26-30(27,28)24-18-17-23(29-24)21-25-20-22-15-12-11-13-16-22/h11-13,15-18,26H,2-10,14,19-21H2,1H3. The highest BCUT2D eigenvalue weighted by Gasteiger charge is 2.16. The molecule has 4 nitrogen and oxygen atoms in total. The van der Waals surface area contributed by atoms with Gasteiger partial charge in [-0.3, -0.25) is 0 Å². The highest BCUT2D eigenvalue weighted by Crippen LogP contribution is 2.22. The molecule has 1 aromatic carbocycles.